The third-order valence-electron chi connectivity index (χ3n) is 3.37. The van der Waals surface area contributed by atoms with E-state index in [0.717, 1.165) is 0 Å². The van der Waals surface area contributed by atoms with E-state index in [2.05, 4.69) is 15.3 Å². The highest BCUT2D eigenvalue weighted by atomic mass is 32.2. The molecule has 3 rings (SSSR count). The lowest BCUT2D eigenvalue weighted by molar-refractivity contribution is -0.113. The first kappa shape index (κ1) is 17.0. The van der Waals surface area contributed by atoms with Crippen LogP contribution in [0.5, 0.6) is 0 Å². The minimum atomic E-state index is -0.525. The number of nitrogens with one attached hydrogen (secondary N) is 2. The van der Waals surface area contributed by atoms with Gasteiger partial charge >= 0.3 is 5.97 Å². The van der Waals surface area contributed by atoms with Crippen molar-refractivity contribution in [2.45, 2.75) is 5.16 Å². The summed E-state index contributed by atoms with van der Waals surface area (Å²) in [5.74, 6) is -1.10. The van der Waals surface area contributed by atoms with Crippen LogP contribution in [0.4, 0.5) is 10.1 Å². The summed E-state index contributed by atoms with van der Waals surface area (Å²) in [6.45, 7) is 0. The Morgan fingerprint density at radius 1 is 1.28 bits per heavy atom. The lowest BCUT2D eigenvalue weighted by atomic mass is 10.2. The van der Waals surface area contributed by atoms with Crippen LogP contribution in [0.25, 0.3) is 11.0 Å². The number of imidazole rings is 1. The Bertz CT molecular complexity index is 942. The summed E-state index contributed by atoms with van der Waals surface area (Å²) in [5, 5.41) is 3.19. The Kier molecular flexibility index (Phi) is 4.99. The number of para-hydroxylation sites is 1. The number of anilines is 1. The van der Waals surface area contributed by atoms with E-state index in [0.29, 0.717) is 21.9 Å². The number of hydrogen-bond acceptors (Lipinski definition) is 5. The van der Waals surface area contributed by atoms with E-state index in [4.69, 9.17) is 4.74 Å². The molecular weight excluding hydrogens is 345 g/mol. The summed E-state index contributed by atoms with van der Waals surface area (Å²) in [4.78, 5) is 31.1. The van der Waals surface area contributed by atoms with Crippen LogP contribution >= 0.6 is 11.8 Å². The number of amides is 1. The molecule has 0 unspecified atom stereocenters. The highest BCUT2D eigenvalue weighted by Crippen LogP contribution is 2.21. The second-order valence-corrected chi connectivity index (χ2v) is 6.04. The average Bonchev–Trinajstić information content (AvgIpc) is 3.02. The molecule has 25 heavy (non-hydrogen) atoms. The number of thioether (sulfide) groups is 1. The van der Waals surface area contributed by atoms with Crippen molar-refractivity contribution in [1.82, 2.24) is 9.97 Å². The van der Waals surface area contributed by atoms with Crippen molar-refractivity contribution in [3.05, 3.63) is 53.8 Å². The second kappa shape index (κ2) is 7.35. The number of fused-ring (bicyclic) bond motifs is 1. The Hall–Kier alpha value is -2.87. The quantitative estimate of drug-likeness (QED) is 0.540. The Morgan fingerprint density at radius 2 is 2.08 bits per heavy atom. The fourth-order valence-electron chi connectivity index (χ4n) is 2.23. The van der Waals surface area contributed by atoms with E-state index in [1.165, 1.54) is 31.0 Å². The molecule has 0 spiro atoms. The Labute approximate surface area is 146 Å². The van der Waals surface area contributed by atoms with Gasteiger partial charge in [-0.15, -0.1) is 0 Å². The molecule has 1 aromatic heterocycles. The van der Waals surface area contributed by atoms with Crippen LogP contribution in [0, 0.1) is 5.82 Å². The molecule has 0 aliphatic carbocycles. The molecule has 0 saturated carbocycles. The molecule has 3 aromatic rings. The van der Waals surface area contributed by atoms with E-state index in [-0.39, 0.29) is 23.0 Å². The zero-order chi connectivity index (χ0) is 17.8. The fraction of sp³-hybridized carbons (Fsp3) is 0.118. The van der Waals surface area contributed by atoms with Crippen molar-refractivity contribution < 1.29 is 18.7 Å². The van der Waals surface area contributed by atoms with Crippen molar-refractivity contribution >= 4 is 40.4 Å². The number of methoxy groups -OCH3 is 1. The molecule has 2 aromatic carbocycles. The number of hydrogen-bond donors (Lipinski definition) is 2. The van der Waals surface area contributed by atoms with E-state index >= 15 is 0 Å². The van der Waals surface area contributed by atoms with Gasteiger partial charge in [-0.2, -0.15) is 0 Å². The summed E-state index contributed by atoms with van der Waals surface area (Å²) in [5.41, 5.74) is 1.86. The van der Waals surface area contributed by atoms with Crippen LogP contribution in [0.15, 0.2) is 47.6 Å². The van der Waals surface area contributed by atoms with Crippen molar-refractivity contribution in [3.63, 3.8) is 0 Å². The van der Waals surface area contributed by atoms with Gasteiger partial charge in [-0.05, 0) is 30.3 Å². The van der Waals surface area contributed by atoms with Crippen molar-refractivity contribution in [2.75, 3.05) is 18.2 Å². The molecule has 0 saturated heterocycles. The smallest absolute Gasteiger partial charge is 0.339 e. The molecule has 0 radical (unpaired) electrons. The summed E-state index contributed by atoms with van der Waals surface area (Å²) >= 11 is 1.18. The standard InChI is InChI=1S/C17H14FN3O3S/c1-24-16(23)11-4-2-3-5-12(11)19-15(22)9-25-17-20-13-7-6-10(18)8-14(13)21-17/h2-8H,9H2,1H3,(H,19,22)(H,20,21). The van der Waals surface area contributed by atoms with Crippen LogP contribution in [-0.2, 0) is 9.53 Å². The monoisotopic (exact) mass is 359 g/mol. The van der Waals surface area contributed by atoms with Crippen LogP contribution in [0.2, 0.25) is 0 Å². The highest BCUT2D eigenvalue weighted by molar-refractivity contribution is 7.99. The van der Waals surface area contributed by atoms with E-state index in [9.17, 15) is 14.0 Å². The third-order valence-corrected chi connectivity index (χ3v) is 4.24. The lowest BCUT2D eigenvalue weighted by Gasteiger charge is -2.08. The van der Waals surface area contributed by atoms with Crippen LogP contribution in [-0.4, -0.2) is 34.7 Å². The summed E-state index contributed by atoms with van der Waals surface area (Å²) < 4.78 is 17.9. The molecule has 128 valence electrons. The molecule has 0 aliphatic rings. The molecule has 8 heteroatoms. The summed E-state index contributed by atoms with van der Waals surface area (Å²) in [7, 11) is 1.28. The molecule has 2 N–H and O–H groups in total. The van der Waals surface area contributed by atoms with Gasteiger partial charge in [-0.3, -0.25) is 4.79 Å². The second-order valence-electron chi connectivity index (χ2n) is 5.08. The number of ether oxygens (including phenoxy) is 1. The first-order valence-electron chi connectivity index (χ1n) is 7.32. The summed E-state index contributed by atoms with van der Waals surface area (Å²) in [6, 6.07) is 10.8. The molecule has 1 amide bonds. The van der Waals surface area contributed by atoms with Gasteiger partial charge in [-0.25, -0.2) is 14.2 Å². The number of aromatic nitrogens is 2. The van der Waals surface area contributed by atoms with Gasteiger partial charge < -0.3 is 15.0 Å². The molecule has 6 nitrogen and oxygen atoms in total. The van der Waals surface area contributed by atoms with Crippen LogP contribution in [0.1, 0.15) is 10.4 Å². The zero-order valence-corrected chi connectivity index (χ0v) is 14.0. The van der Waals surface area contributed by atoms with Crippen LogP contribution in [0.3, 0.4) is 0 Å². The minimum absolute atomic E-state index is 0.0812. The first-order valence-corrected chi connectivity index (χ1v) is 8.30. The third kappa shape index (κ3) is 3.97. The maximum atomic E-state index is 13.2. The molecule has 0 aliphatic heterocycles. The highest BCUT2D eigenvalue weighted by Gasteiger charge is 2.14. The Morgan fingerprint density at radius 3 is 2.88 bits per heavy atom. The number of aromatic amines is 1. The predicted octanol–water partition coefficient (Wildman–Crippen LogP) is 3.22. The SMILES string of the molecule is COC(=O)c1ccccc1NC(=O)CSc1nc2ccc(F)cc2[nH]1. The molecule has 0 bridgehead atoms. The Balaban J connectivity index is 1.66. The van der Waals surface area contributed by atoms with Crippen molar-refractivity contribution in [1.29, 1.82) is 0 Å². The number of carbonyl (C=O) groups excluding carboxylic acids is 2. The number of rotatable bonds is 5. The topological polar surface area (TPSA) is 84.1 Å². The van der Waals surface area contributed by atoms with Crippen LogP contribution < -0.4 is 5.32 Å². The number of nitrogens with zero attached hydrogens (tertiary/aromatic N) is 1. The average molecular weight is 359 g/mol. The zero-order valence-electron chi connectivity index (χ0n) is 13.2. The normalized spacial score (nSPS) is 10.6. The maximum Gasteiger partial charge on any atom is 0.339 e. The number of benzene rings is 2. The lowest BCUT2D eigenvalue weighted by Crippen LogP contribution is -2.17. The van der Waals surface area contributed by atoms with Gasteiger partial charge in [0.25, 0.3) is 0 Å². The molecule has 1 heterocycles. The van der Waals surface area contributed by atoms with E-state index in [1.54, 1.807) is 30.3 Å². The largest absolute Gasteiger partial charge is 0.465 e. The number of carbonyl (C=O) groups is 2. The summed E-state index contributed by atoms with van der Waals surface area (Å²) in [6.07, 6.45) is 0. The first-order chi connectivity index (χ1) is 12.1. The van der Waals surface area contributed by atoms with Gasteiger partial charge in [0, 0.05) is 0 Å². The predicted molar refractivity (Wildman–Crippen MR) is 93.2 cm³/mol. The fourth-order valence-corrected chi connectivity index (χ4v) is 2.91. The number of esters is 1. The van der Waals surface area contributed by atoms with Gasteiger partial charge in [0.15, 0.2) is 5.16 Å². The van der Waals surface area contributed by atoms with Gasteiger partial charge in [0.1, 0.15) is 5.82 Å². The van der Waals surface area contributed by atoms with Gasteiger partial charge in [0.2, 0.25) is 5.91 Å². The van der Waals surface area contributed by atoms with Gasteiger partial charge in [0.05, 0.1) is 35.1 Å². The molecular formula is C17H14FN3O3S. The maximum absolute atomic E-state index is 13.2. The van der Waals surface area contributed by atoms with E-state index in [1.807, 2.05) is 0 Å². The van der Waals surface area contributed by atoms with Crippen molar-refractivity contribution in [3.8, 4) is 0 Å². The molecule has 0 fully saturated rings. The minimum Gasteiger partial charge on any atom is -0.465 e. The molecule has 0 atom stereocenters. The van der Waals surface area contributed by atoms with E-state index < -0.39 is 5.97 Å². The number of halogens is 1. The van der Waals surface area contributed by atoms with Crippen molar-refractivity contribution in [2.24, 2.45) is 0 Å². The van der Waals surface area contributed by atoms with Gasteiger partial charge in [-0.1, -0.05) is 23.9 Å². The number of H-pyrrole nitrogens is 1.